The van der Waals surface area contributed by atoms with Gasteiger partial charge >= 0.3 is 17.9 Å². The van der Waals surface area contributed by atoms with Gasteiger partial charge in [0.05, 0.1) is 42.8 Å². The zero-order valence-electron chi connectivity index (χ0n) is 16.9. The van der Waals surface area contributed by atoms with Crippen LogP contribution >= 0.6 is 23.2 Å². The molecule has 0 aliphatic carbocycles. The summed E-state index contributed by atoms with van der Waals surface area (Å²) in [7, 11) is 0. The van der Waals surface area contributed by atoms with Crippen LogP contribution in [0.1, 0.15) is 32.3 Å². The van der Waals surface area contributed by atoms with Gasteiger partial charge in [-0.25, -0.2) is 14.4 Å². The standard InChI is InChI=1S/C21H23Cl2NO6/c1-4-28-19(25)16-14(11-22)24-18(21(27)30-6-3)17(20(26)29-5-2)15(16)12-8-7-9-13(23)10-12/h7-10,15,24H,4-6,11H2,1-3H3. The Morgan fingerprint density at radius 1 is 0.933 bits per heavy atom. The van der Waals surface area contributed by atoms with E-state index >= 15 is 0 Å². The first kappa shape index (κ1) is 23.8. The number of nitrogens with one attached hydrogen (secondary N) is 1. The quantitative estimate of drug-likeness (QED) is 0.364. The molecule has 0 bridgehead atoms. The monoisotopic (exact) mass is 455 g/mol. The number of allylic oxidation sites excluding steroid dienone is 1. The van der Waals surface area contributed by atoms with E-state index in [-0.39, 0.29) is 48.2 Å². The molecule has 0 saturated heterocycles. The van der Waals surface area contributed by atoms with Crippen LogP contribution in [-0.4, -0.2) is 43.6 Å². The average Bonchev–Trinajstić information content (AvgIpc) is 2.72. The molecule has 1 unspecified atom stereocenters. The number of carbonyl (C=O) groups excluding carboxylic acids is 3. The molecule has 1 heterocycles. The Hall–Kier alpha value is -2.51. The molecule has 1 aliphatic rings. The van der Waals surface area contributed by atoms with Crippen LogP contribution < -0.4 is 5.32 Å². The van der Waals surface area contributed by atoms with E-state index in [2.05, 4.69) is 5.32 Å². The molecule has 30 heavy (non-hydrogen) atoms. The Morgan fingerprint density at radius 2 is 1.50 bits per heavy atom. The van der Waals surface area contributed by atoms with E-state index in [0.717, 1.165) is 0 Å². The average molecular weight is 456 g/mol. The third-order valence-electron chi connectivity index (χ3n) is 4.23. The van der Waals surface area contributed by atoms with Gasteiger partial charge in [-0.05, 0) is 38.5 Å². The summed E-state index contributed by atoms with van der Waals surface area (Å²) in [5.41, 5.74) is 0.624. The highest BCUT2D eigenvalue weighted by molar-refractivity contribution is 6.30. The van der Waals surface area contributed by atoms with Crippen molar-refractivity contribution in [3.63, 3.8) is 0 Å². The third kappa shape index (κ3) is 5.15. The highest BCUT2D eigenvalue weighted by Gasteiger charge is 2.42. The highest BCUT2D eigenvalue weighted by atomic mass is 35.5. The Kier molecular flexibility index (Phi) is 8.74. The molecule has 1 atom stereocenters. The Bertz CT molecular complexity index is 893. The number of rotatable bonds is 8. The molecule has 1 N–H and O–H groups in total. The molecule has 0 aromatic heterocycles. The molecular formula is C21H23Cl2NO6. The molecule has 0 spiro atoms. The van der Waals surface area contributed by atoms with Crippen LogP contribution in [-0.2, 0) is 28.6 Å². The van der Waals surface area contributed by atoms with Crippen molar-refractivity contribution in [1.82, 2.24) is 5.32 Å². The lowest BCUT2D eigenvalue weighted by Gasteiger charge is -2.31. The molecule has 9 heteroatoms. The van der Waals surface area contributed by atoms with Crippen molar-refractivity contribution in [2.45, 2.75) is 26.7 Å². The van der Waals surface area contributed by atoms with Gasteiger partial charge in [-0.2, -0.15) is 0 Å². The normalized spacial score (nSPS) is 16.1. The van der Waals surface area contributed by atoms with Crippen molar-refractivity contribution in [3.8, 4) is 0 Å². The van der Waals surface area contributed by atoms with Gasteiger partial charge in [-0.15, -0.1) is 11.6 Å². The summed E-state index contributed by atoms with van der Waals surface area (Å²) < 4.78 is 15.5. The van der Waals surface area contributed by atoms with Crippen LogP contribution in [0, 0.1) is 0 Å². The predicted molar refractivity (Wildman–Crippen MR) is 112 cm³/mol. The fraction of sp³-hybridized carbons (Fsp3) is 0.381. The van der Waals surface area contributed by atoms with Crippen LogP contribution in [0.3, 0.4) is 0 Å². The number of benzene rings is 1. The number of alkyl halides is 1. The SMILES string of the molecule is CCOC(=O)C1=C(C(=O)OCC)C(c2cccc(Cl)c2)C(C(=O)OCC)=C(CCl)N1. The topological polar surface area (TPSA) is 90.9 Å². The molecule has 0 radical (unpaired) electrons. The molecule has 7 nitrogen and oxygen atoms in total. The Balaban J connectivity index is 2.82. The second kappa shape index (κ2) is 11.0. The fourth-order valence-electron chi connectivity index (χ4n) is 3.12. The van der Waals surface area contributed by atoms with Crippen LogP contribution in [0.15, 0.2) is 46.8 Å². The number of ether oxygens (including phenoxy) is 3. The van der Waals surface area contributed by atoms with Crippen LogP contribution in [0.5, 0.6) is 0 Å². The minimum atomic E-state index is -0.990. The number of halogens is 2. The van der Waals surface area contributed by atoms with Gasteiger partial charge in [-0.3, -0.25) is 0 Å². The summed E-state index contributed by atoms with van der Waals surface area (Å²) in [6.07, 6.45) is 0. The van der Waals surface area contributed by atoms with Gasteiger partial charge < -0.3 is 19.5 Å². The van der Waals surface area contributed by atoms with E-state index in [0.29, 0.717) is 10.6 Å². The van der Waals surface area contributed by atoms with Gasteiger partial charge in [0, 0.05) is 10.7 Å². The van der Waals surface area contributed by atoms with Crippen molar-refractivity contribution < 1.29 is 28.6 Å². The minimum absolute atomic E-state index is 0.0710. The molecule has 2 rings (SSSR count). The van der Waals surface area contributed by atoms with Crippen molar-refractivity contribution >= 4 is 41.1 Å². The number of esters is 3. The molecular weight excluding hydrogens is 433 g/mol. The van der Waals surface area contributed by atoms with E-state index < -0.39 is 23.8 Å². The van der Waals surface area contributed by atoms with E-state index in [9.17, 15) is 14.4 Å². The molecule has 1 aromatic rings. The Labute approximate surface area is 185 Å². The lowest BCUT2D eigenvalue weighted by molar-refractivity contribution is -0.143. The molecule has 0 fully saturated rings. The van der Waals surface area contributed by atoms with E-state index in [4.69, 9.17) is 37.4 Å². The number of hydrogen-bond acceptors (Lipinski definition) is 7. The summed E-state index contributed by atoms with van der Waals surface area (Å²) in [6.45, 7) is 5.22. The summed E-state index contributed by atoms with van der Waals surface area (Å²) in [6, 6.07) is 6.62. The van der Waals surface area contributed by atoms with Crippen LogP contribution in [0.25, 0.3) is 0 Å². The van der Waals surface area contributed by atoms with Gasteiger partial charge in [0.15, 0.2) is 0 Å². The second-order valence-corrected chi connectivity index (χ2v) is 6.79. The minimum Gasteiger partial charge on any atom is -0.463 e. The first-order chi connectivity index (χ1) is 14.4. The zero-order valence-corrected chi connectivity index (χ0v) is 18.4. The van der Waals surface area contributed by atoms with Crippen molar-refractivity contribution in [1.29, 1.82) is 0 Å². The first-order valence-corrected chi connectivity index (χ1v) is 10.4. The number of carbonyl (C=O) groups is 3. The maximum atomic E-state index is 12.9. The first-order valence-electron chi connectivity index (χ1n) is 9.46. The largest absolute Gasteiger partial charge is 0.463 e. The summed E-state index contributed by atoms with van der Waals surface area (Å²) in [5, 5.41) is 3.19. The fourth-order valence-corrected chi connectivity index (χ4v) is 3.53. The third-order valence-corrected chi connectivity index (χ3v) is 4.74. The lowest BCUT2D eigenvalue weighted by Crippen LogP contribution is -2.38. The van der Waals surface area contributed by atoms with Crippen molar-refractivity contribution in [2.75, 3.05) is 25.7 Å². The molecule has 1 aliphatic heterocycles. The highest BCUT2D eigenvalue weighted by Crippen LogP contribution is 2.40. The molecule has 0 saturated carbocycles. The summed E-state index contributed by atoms with van der Waals surface area (Å²) in [4.78, 5) is 38.5. The maximum absolute atomic E-state index is 12.9. The van der Waals surface area contributed by atoms with Gasteiger partial charge in [0.1, 0.15) is 5.70 Å². The lowest BCUT2D eigenvalue weighted by atomic mass is 9.80. The summed E-state index contributed by atoms with van der Waals surface area (Å²) >= 11 is 12.3. The van der Waals surface area contributed by atoms with Gasteiger partial charge in [-0.1, -0.05) is 23.7 Å². The van der Waals surface area contributed by atoms with Crippen molar-refractivity contribution in [3.05, 3.63) is 57.4 Å². The van der Waals surface area contributed by atoms with E-state index in [1.165, 1.54) is 0 Å². The maximum Gasteiger partial charge on any atom is 0.355 e. The van der Waals surface area contributed by atoms with Gasteiger partial charge in [0.25, 0.3) is 0 Å². The van der Waals surface area contributed by atoms with Crippen LogP contribution in [0.4, 0.5) is 0 Å². The van der Waals surface area contributed by atoms with Gasteiger partial charge in [0.2, 0.25) is 0 Å². The molecule has 1 aromatic carbocycles. The van der Waals surface area contributed by atoms with E-state index in [1.807, 2.05) is 0 Å². The summed E-state index contributed by atoms with van der Waals surface area (Å²) in [5.74, 6) is -3.33. The number of hydrogen-bond donors (Lipinski definition) is 1. The predicted octanol–water partition coefficient (Wildman–Crippen LogP) is 3.46. The zero-order chi connectivity index (χ0) is 22.3. The Morgan fingerprint density at radius 3 is 2.03 bits per heavy atom. The molecule has 0 amide bonds. The number of dihydropyridines is 1. The molecule has 162 valence electrons. The van der Waals surface area contributed by atoms with Crippen molar-refractivity contribution in [2.24, 2.45) is 0 Å². The van der Waals surface area contributed by atoms with E-state index in [1.54, 1.807) is 45.0 Å². The van der Waals surface area contributed by atoms with Crippen LogP contribution in [0.2, 0.25) is 5.02 Å². The second-order valence-electron chi connectivity index (χ2n) is 6.09. The smallest absolute Gasteiger partial charge is 0.355 e.